The summed E-state index contributed by atoms with van der Waals surface area (Å²) in [6.45, 7) is 2.97. The minimum atomic E-state index is -0.147. The largest absolute Gasteiger partial charge is 0.497 e. The Morgan fingerprint density at radius 2 is 2.07 bits per heavy atom. The Morgan fingerprint density at radius 1 is 1.26 bits per heavy atom. The minimum Gasteiger partial charge on any atom is -0.497 e. The van der Waals surface area contributed by atoms with Gasteiger partial charge in [-0.3, -0.25) is 4.79 Å². The van der Waals surface area contributed by atoms with Gasteiger partial charge in [-0.15, -0.1) is 0 Å². The number of nitrogens with one attached hydrogen (secondary N) is 1. The second-order valence-electron chi connectivity index (χ2n) is 7.05. The zero-order chi connectivity index (χ0) is 19.1. The Hall–Kier alpha value is -2.53. The molecule has 0 bridgehead atoms. The fourth-order valence-corrected chi connectivity index (χ4v) is 3.35. The molecule has 0 saturated heterocycles. The normalized spacial score (nSPS) is 15.7. The predicted molar refractivity (Wildman–Crippen MR) is 106 cm³/mol. The molecule has 1 atom stereocenters. The highest BCUT2D eigenvalue weighted by Gasteiger charge is 2.26. The van der Waals surface area contributed by atoms with Gasteiger partial charge in [0.1, 0.15) is 18.1 Å². The SMILES string of the molecule is COc1ccc2c(c1)CC(C(=O)NCCCN(C)Cc1ccccc1)CO2. The van der Waals surface area contributed by atoms with Crippen molar-refractivity contribution in [3.63, 3.8) is 0 Å². The first-order chi connectivity index (χ1) is 13.2. The third-order valence-corrected chi connectivity index (χ3v) is 4.86. The van der Waals surface area contributed by atoms with E-state index in [0.717, 1.165) is 36.6 Å². The monoisotopic (exact) mass is 368 g/mol. The van der Waals surface area contributed by atoms with Crippen molar-refractivity contribution in [1.29, 1.82) is 0 Å². The van der Waals surface area contributed by atoms with Crippen LogP contribution in [0.15, 0.2) is 48.5 Å². The molecule has 0 aliphatic carbocycles. The van der Waals surface area contributed by atoms with Crippen molar-refractivity contribution in [2.24, 2.45) is 5.92 Å². The van der Waals surface area contributed by atoms with E-state index >= 15 is 0 Å². The number of amides is 1. The molecule has 27 heavy (non-hydrogen) atoms. The zero-order valence-electron chi connectivity index (χ0n) is 16.1. The van der Waals surface area contributed by atoms with Gasteiger partial charge < -0.3 is 19.7 Å². The Morgan fingerprint density at radius 3 is 2.85 bits per heavy atom. The van der Waals surface area contributed by atoms with Crippen LogP contribution >= 0.6 is 0 Å². The van der Waals surface area contributed by atoms with Crippen LogP contribution in [0.1, 0.15) is 17.5 Å². The van der Waals surface area contributed by atoms with Crippen LogP contribution in [0.4, 0.5) is 0 Å². The molecular formula is C22H28N2O3. The van der Waals surface area contributed by atoms with E-state index in [4.69, 9.17) is 9.47 Å². The summed E-state index contributed by atoms with van der Waals surface area (Å²) in [5.74, 6) is 1.56. The third kappa shape index (κ3) is 5.47. The Kier molecular flexibility index (Phi) is 6.71. The van der Waals surface area contributed by atoms with Crippen molar-refractivity contribution < 1.29 is 14.3 Å². The van der Waals surface area contributed by atoms with Gasteiger partial charge in [0.05, 0.1) is 13.0 Å². The summed E-state index contributed by atoms with van der Waals surface area (Å²) in [5, 5.41) is 3.05. The number of carbonyl (C=O) groups is 1. The van der Waals surface area contributed by atoms with Crippen LogP contribution in [-0.2, 0) is 17.8 Å². The molecule has 2 aromatic rings. The number of rotatable bonds is 8. The van der Waals surface area contributed by atoms with Gasteiger partial charge in [-0.2, -0.15) is 0 Å². The second kappa shape index (κ2) is 9.42. The number of hydrogen-bond donors (Lipinski definition) is 1. The summed E-state index contributed by atoms with van der Waals surface area (Å²) >= 11 is 0. The van der Waals surface area contributed by atoms with Crippen LogP contribution in [-0.4, -0.2) is 44.7 Å². The highest BCUT2D eigenvalue weighted by atomic mass is 16.5. The smallest absolute Gasteiger partial charge is 0.226 e. The first kappa shape index (κ1) is 19.2. The maximum atomic E-state index is 12.5. The molecule has 1 unspecified atom stereocenters. The average molecular weight is 368 g/mol. The van der Waals surface area contributed by atoms with Gasteiger partial charge in [-0.25, -0.2) is 0 Å². The molecule has 0 saturated carbocycles. The lowest BCUT2D eigenvalue weighted by atomic mass is 9.96. The summed E-state index contributed by atoms with van der Waals surface area (Å²) in [7, 11) is 3.75. The summed E-state index contributed by atoms with van der Waals surface area (Å²) < 4.78 is 11.0. The standard InChI is InChI=1S/C22H28N2O3/c1-24(15-17-7-4-3-5-8-17)12-6-11-23-22(25)19-13-18-14-20(26-2)9-10-21(18)27-16-19/h3-5,7-10,14,19H,6,11-13,15-16H2,1-2H3,(H,23,25). The van der Waals surface area contributed by atoms with Gasteiger partial charge in [-0.05, 0) is 55.8 Å². The first-order valence-corrected chi connectivity index (χ1v) is 9.45. The fraction of sp³-hybridized carbons (Fsp3) is 0.409. The zero-order valence-corrected chi connectivity index (χ0v) is 16.1. The lowest BCUT2D eigenvalue weighted by Gasteiger charge is -2.25. The molecule has 2 aromatic carbocycles. The summed E-state index contributed by atoms with van der Waals surface area (Å²) in [6.07, 6.45) is 1.61. The number of benzene rings is 2. The molecular weight excluding hydrogens is 340 g/mol. The molecule has 0 spiro atoms. The number of fused-ring (bicyclic) bond motifs is 1. The molecule has 1 heterocycles. The Bertz CT molecular complexity index is 748. The van der Waals surface area contributed by atoms with E-state index in [-0.39, 0.29) is 11.8 Å². The highest BCUT2D eigenvalue weighted by molar-refractivity contribution is 5.79. The topological polar surface area (TPSA) is 50.8 Å². The number of hydrogen-bond acceptors (Lipinski definition) is 4. The van der Waals surface area contributed by atoms with E-state index in [1.807, 2.05) is 24.3 Å². The summed E-state index contributed by atoms with van der Waals surface area (Å²) in [4.78, 5) is 14.7. The highest BCUT2D eigenvalue weighted by Crippen LogP contribution is 2.30. The van der Waals surface area contributed by atoms with Gasteiger partial charge in [0.2, 0.25) is 5.91 Å². The Balaban J connectivity index is 1.39. The third-order valence-electron chi connectivity index (χ3n) is 4.86. The molecule has 0 fully saturated rings. The minimum absolute atomic E-state index is 0.0641. The molecule has 1 N–H and O–H groups in total. The van der Waals surface area contributed by atoms with Crippen LogP contribution in [0, 0.1) is 5.92 Å². The van der Waals surface area contributed by atoms with E-state index in [9.17, 15) is 4.79 Å². The van der Waals surface area contributed by atoms with Crippen molar-refractivity contribution >= 4 is 5.91 Å². The van der Waals surface area contributed by atoms with Crippen LogP contribution in [0.2, 0.25) is 0 Å². The maximum absolute atomic E-state index is 12.5. The predicted octanol–water partition coefficient (Wildman–Crippen LogP) is 2.88. The Labute approximate surface area is 161 Å². The quantitative estimate of drug-likeness (QED) is 0.728. The van der Waals surface area contributed by atoms with Crippen molar-refractivity contribution in [2.45, 2.75) is 19.4 Å². The lowest BCUT2D eigenvalue weighted by Crippen LogP contribution is -2.38. The number of methoxy groups -OCH3 is 1. The van der Waals surface area contributed by atoms with Crippen LogP contribution in [0.5, 0.6) is 11.5 Å². The number of ether oxygens (including phenoxy) is 2. The van der Waals surface area contributed by atoms with Crippen molar-refractivity contribution in [3.05, 3.63) is 59.7 Å². The second-order valence-corrected chi connectivity index (χ2v) is 7.05. The number of nitrogens with zero attached hydrogens (tertiary/aromatic N) is 1. The van der Waals surface area contributed by atoms with Gasteiger partial charge in [0.25, 0.3) is 0 Å². The molecule has 0 aromatic heterocycles. The van der Waals surface area contributed by atoms with Crippen molar-refractivity contribution in [2.75, 3.05) is 33.9 Å². The van der Waals surface area contributed by atoms with Gasteiger partial charge in [-0.1, -0.05) is 30.3 Å². The summed E-state index contributed by atoms with van der Waals surface area (Å²) in [6, 6.07) is 16.2. The van der Waals surface area contributed by atoms with Gasteiger partial charge >= 0.3 is 0 Å². The van der Waals surface area contributed by atoms with E-state index in [1.165, 1.54) is 5.56 Å². The van der Waals surface area contributed by atoms with Gasteiger partial charge in [0, 0.05) is 13.1 Å². The van der Waals surface area contributed by atoms with Crippen LogP contribution < -0.4 is 14.8 Å². The molecule has 5 heteroatoms. The molecule has 0 radical (unpaired) electrons. The molecule has 1 aliphatic rings. The van der Waals surface area contributed by atoms with Gasteiger partial charge in [0.15, 0.2) is 0 Å². The fourth-order valence-electron chi connectivity index (χ4n) is 3.35. The molecule has 3 rings (SSSR count). The van der Waals surface area contributed by atoms with Crippen molar-refractivity contribution in [3.8, 4) is 11.5 Å². The first-order valence-electron chi connectivity index (χ1n) is 9.45. The number of carbonyl (C=O) groups excluding carboxylic acids is 1. The van der Waals surface area contributed by atoms with E-state index in [2.05, 4.69) is 41.5 Å². The molecule has 5 nitrogen and oxygen atoms in total. The molecule has 1 amide bonds. The van der Waals surface area contributed by atoms with E-state index in [0.29, 0.717) is 19.6 Å². The lowest BCUT2D eigenvalue weighted by molar-refractivity contribution is -0.126. The maximum Gasteiger partial charge on any atom is 0.226 e. The van der Waals surface area contributed by atoms with Crippen LogP contribution in [0.25, 0.3) is 0 Å². The van der Waals surface area contributed by atoms with Crippen LogP contribution in [0.3, 0.4) is 0 Å². The van der Waals surface area contributed by atoms with E-state index in [1.54, 1.807) is 7.11 Å². The molecule has 144 valence electrons. The summed E-state index contributed by atoms with van der Waals surface area (Å²) in [5.41, 5.74) is 2.33. The van der Waals surface area contributed by atoms with E-state index < -0.39 is 0 Å². The van der Waals surface area contributed by atoms with Crippen molar-refractivity contribution in [1.82, 2.24) is 10.2 Å². The average Bonchev–Trinajstić information content (AvgIpc) is 2.71. The molecule has 1 aliphatic heterocycles.